The van der Waals surface area contributed by atoms with Crippen LogP contribution in [0.2, 0.25) is 0 Å². The van der Waals surface area contributed by atoms with Crippen molar-refractivity contribution in [2.75, 3.05) is 11.9 Å². The Bertz CT molecular complexity index is 1190. The van der Waals surface area contributed by atoms with Gasteiger partial charge in [0.25, 0.3) is 11.8 Å². The van der Waals surface area contributed by atoms with Gasteiger partial charge in [0.05, 0.1) is 6.61 Å². The molecule has 7 heteroatoms. The van der Waals surface area contributed by atoms with E-state index in [1.165, 1.54) is 12.0 Å². The summed E-state index contributed by atoms with van der Waals surface area (Å²) in [7, 11) is 0. The number of ether oxygens (including phenoxy) is 1. The van der Waals surface area contributed by atoms with E-state index in [9.17, 15) is 9.59 Å². The van der Waals surface area contributed by atoms with Crippen molar-refractivity contribution in [2.45, 2.75) is 44.6 Å². The molecule has 0 aliphatic heterocycles. The van der Waals surface area contributed by atoms with Crippen molar-refractivity contribution >= 4 is 34.8 Å². The average molecular weight is 502 g/mol. The first-order valence-electron chi connectivity index (χ1n) is 12.4. The summed E-state index contributed by atoms with van der Waals surface area (Å²) < 4.78 is 5.82. The van der Waals surface area contributed by atoms with E-state index >= 15 is 0 Å². The van der Waals surface area contributed by atoms with Gasteiger partial charge in [-0.25, -0.2) is 0 Å². The van der Waals surface area contributed by atoms with Crippen LogP contribution in [0.15, 0.2) is 78.9 Å². The number of rotatable bonds is 8. The minimum absolute atomic E-state index is 0.0930. The second kappa shape index (κ2) is 12.8. The zero-order valence-electron chi connectivity index (χ0n) is 20.2. The average Bonchev–Trinajstić information content (AvgIpc) is 2.90. The van der Waals surface area contributed by atoms with Gasteiger partial charge in [-0.3, -0.25) is 14.9 Å². The number of carbonyl (C=O) groups excluding carboxylic acids is 2. The highest BCUT2D eigenvalue weighted by Gasteiger charge is 2.17. The zero-order chi connectivity index (χ0) is 25.2. The smallest absolute Gasteiger partial charge is 0.257 e. The van der Waals surface area contributed by atoms with Crippen molar-refractivity contribution < 1.29 is 14.3 Å². The van der Waals surface area contributed by atoms with E-state index in [1.54, 1.807) is 42.5 Å². The van der Waals surface area contributed by atoms with E-state index in [1.807, 2.05) is 24.3 Å². The fraction of sp³-hybridized carbons (Fsp3) is 0.276. The van der Waals surface area contributed by atoms with Gasteiger partial charge in [0.15, 0.2) is 5.11 Å². The lowest BCUT2D eigenvalue weighted by molar-refractivity contribution is 0.0926. The van der Waals surface area contributed by atoms with Crippen LogP contribution >= 0.6 is 12.2 Å². The molecule has 1 aliphatic carbocycles. The molecule has 0 atom stereocenters. The van der Waals surface area contributed by atoms with Crippen molar-refractivity contribution in [1.29, 1.82) is 0 Å². The maximum atomic E-state index is 12.7. The first kappa shape index (κ1) is 25.4. The Kier molecular flexibility index (Phi) is 9.05. The third kappa shape index (κ3) is 7.65. The Hall–Kier alpha value is -3.71. The minimum Gasteiger partial charge on any atom is -0.493 e. The van der Waals surface area contributed by atoms with Crippen LogP contribution in [0, 0.1) is 0 Å². The maximum Gasteiger partial charge on any atom is 0.257 e. The summed E-state index contributed by atoms with van der Waals surface area (Å²) in [5.74, 6) is 0.186. The highest BCUT2D eigenvalue weighted by molar-refractivity contribution is 7.80. The second-order valence-electron chi connectivity index (χ2n) is 8.91. The van der Waals surface area contributed by atoms with Crippen LogP contribution in [0.25, 0.3) is 0 Å². The molecular weight excluding hydrogens is 470 g/mol. The van der Waals surface area contributed by atoms with Crippen LogP contribution in [0.4, 0.5) is 5.69 Å². The molecule has 3 N–H and O–H groups in total. The number of hydrogen-bond acceptors (Lipinski definition) is 4. The SMILES string of the molecule is O=C(NC(=S)Nc1cccc(C(=O)NC2CCCCC2)c1)c1cccc(OCCc2ccccc2)c1. The number of carbonyl (C=O) groups is 2. The summed E-state index contributed by atoms with van der Waals surface area (Å²) >= 11 is 5.33. The van der Waals surface area contributed by atoms with E-state index in [0.717, 1.165) is 32.1 Å². The van der Waals surface area contributed by atoms with Gasteiger partial charge in [0.1, 0.15) is 5.75 Å². The number of benzene rings is 3. The highest BCUT2D eigenvalue weighted by atomic mass is 32.1. The third-order valence-corrected chi connectivity index (χ3v) is 6.35. The summed E-state index contributed by atoms with van der Waals surface area (Å²) in [4.78, 5) is 25.4. The molecule has 186 valence electrons. The first-order chi connectivity index (χ1) is 17.6. The van der Waals surface area contributed by atoms with Gasteiger partial charge < -0.3 is 15.4 Å². The Morgan fingerprint density at radius 1 is 0.833 bits per heavy atom. The number of thiocarbonyl (C=S) groups is 1. The fourth-order valence-electron chi connectivity index (χ4n) is 4.25. The van der Waals surface area contributed by atoms with E-state index in [-0.39, 0.29) is 23.0 Å². The van der Waals surface area contributed by atoms with Crippen LogP contribution in [0.5, 0.6) is 5.75 Å². The Balaban J connectivity index is 1.28. The van der Waals surface area contributed by atoms with Crippen molar-refractivity contribution in [3.8, 4) is 5.75 Å². The topological polar surface area (TPSA) is 79.5 Å². The molecule has 0 heterocycles. The molecule has 3 aromatic carbocycles. The number of amides is 2. The molecule has 0 bridgehead atoms. The largest absolute Gasteiger partial charge is 0.493 e. The number of hydrogen-bond donors (Lipinski definition) is 3. The predicted molar refractivity (Wildman–Crippen MR) is 147 cm³/mol. The zero-order valence-corrected chi connectivity index (χ0v) is 21.0. The molecule has 1 aliphatic rings. The molecule has 1 saturated carbocycles. The van der Waals surface area contributed by atoms with Gasteiger partial charge >= 0.3 is 0 Å². The van der Waals surface area contributed by atoms with Gasteiger partial charge in [-0.2, -0.15) is 0 Å². The van der Waals surface area contributed by atoms with E-state index in [2.05, 4.69) is 28.1 Å². The molecule has 3 aromatic rings. The van der Waals surface area contributed by atoms with Crippen molar-refractivity contribution in [1.82, 2.24) is 10.6 Å². The van der Waals surface area contributed by atoms with Crippen molar-refractivity contribution in [3.63, 3.8) is 0 Å². The Morgan fingerprint density at radius 2 is 1.56 bits per heavy atom. The first-order valence-corrected chi connectivity index (χ1v) is 12.8. The van der Waals surface area contributed by atoms with Crippen LogP contribution in [0.3, 0.4) is 0 Å². The molecule has 0 aromatic heterocycles. The maximum absolute atomic E-state index is 12.7. The second-order valence-corrected chi connectivity index (χ2v) is 9.32. The highest BCUT2D eigenvalue weighted by Crippen LogP contribution is 2.19. The fourth-order valence-corrected chi connectivity index (χ4v) is 4.46. The lowest BCUT2D eigenvalue weighted by atomic mass is 9.95. The number of nitrogens with one attached hydrogen (secondary N) is 3. The van der Waals surface area contributed by atoms with Crippen molar-refractivity contribution in [3.05, 3.63) is 95.6 Å². The quantitative estimate of drug-likeness (QED) is 0.355. The molecule has 4 rings (SSSR count). The summed E-state index contributed by atoms with van der Waals surface area (Å²) in [6.45, 7) is 0.514. The molecule has 0 radical (unpaired) electrons. The summed E-state index contributed by atoms with van der Waals surface area (Å²) in [5.41, 5.74) is 2.82. The van der Waals surface area contributed by atoms with E-state index in [4.69, 9.17) is 17.0 Å². The summed E-state index contributed by atoms with van der Waals surface area (Å²) in [6.07, 6.45) is 6.38. The normalized spacial score (nSPS) is 13.4. The van der Waals surface area contributed by atoms with E-state index in [0.29, 0.717) is 29.2 Å². The molecule has 6 nitrogen and oxygen atoms in total. The van der Waals surface area contributed by atoms with Gasteiger partial charge in [0.2, 0.25) is 0 Å². The van der Waals surface area contributed by atoms with Crippen molar-refractivity contribution in [2.24, 2.45) is 0 Å². The monoisotopic (exact) mass is 501 g/mol. The molecule has 0 unspecified atom stereocenters. The summed E-state index contributed by atoms with van der Waals surface area (Å²) in [5, 5.41) is 8.96. The third-order valence-electron chi connectivity index (χ3n) is 6.15. The Labute approximate surface area is 217 Å². The van der Waals surface area contributed by atoms with Crippen LogP contribution < -0.4 is 20.7 Å². The molecule has 0 spiro atoms. The van der Waals surface area contributed by atoms with E-state index < -0.39 is 0 Å². The van der Waals surface area contributed by atoms with Crippen LogP contribution in [0.1, 0.15) is 58.4 Å². The summed E-state index contributed by atoms with van der Waals surface area (Å²) in [6, 6.07) is 24.4. The molecule has 1 fully saturated rings. The molecular formula is C29H31N3O3S. The molecule has 0 saturated heterocycles. The van der Waals surface area contributed by atoms with Gasteiger partial charge in [0, 0.05) is 29.3 Å². The Morgan fingerprint density at radius 3 is 2.33 bits per heavy atom. The lowest BCUT2D eigenvalue weighted by Gasteiger charge is -2.22. The standard InChI is InChI=1S/C29H31N3O3S/c33-27(30-24-13-5-2-6-14-24)22-11-7-15-25(19-22)31-29(36)32-28(34)23-12-8-16-26(20-23)35-18-17-21-9-3-1-4-10-21/h1,3-4,7-12,15-16,19-20,24H,2,5-6,13-14,17-18H2,(H,30,33)(H2,31,32,34,36). The van der Waals surface area contributed by atoms with Crippen LogP contribution in [-0.2, 0) is 6.42 Å². The van der Waals surface area contributed by atoms with Crippen LogP contribution in [-0.4, -0.2) is 29.6 Å². The van der Waals surface area contributed by atoms with Gasteiger partial charge in [-0.05, 0) is 67.0 Å². The number of anilines is 1. The molecule has 2 amide bonds. The van der Waals surface area contributed by atoms with Gasteiger partial charge in [-0.15, -0.1) is 0 Å². The lowest BCUT2D eigenvalue weighted by Crippen LogP contribution is -2.36. The minimum atomic E-state index is -0.341. The molecule has 36 heavy (non-hydrogen) atoms. The van der Waals surface area contributed by atoms with Gasteiger partial charge in [-0.1, -0.05) is 61.7 Å². The predicted octanol–water partition coefficient (Wildman–Crippen LogP) is 5.50.